The molecule has 0 unspecified atom stereocenters. The zero-order valence-electron chi connectivity index (χ0n) is 23.9. The molecule has 0 spiro atoms. The van der Waals surface area contributed by atoms with Crippen molar-refractivity contribution in [3.63, 3.8) is 0 Å². The van der Waals surface area contributed by atoms with Crippen LogP contribution in [0, 0.1) is 0 Å². The number of benzene rings is 8. The van der Waals surface area contributed by atoms with Crippen LogP contribution in [0.25, 0.3) is 76.5 Å². The molecule has 1 aromatic heterocycles. The molecule has 0 aliphatic heterocycles. The Labute approximate surface area is 254 Å². The first-order valence-corrected chi connectivity index (χ1v) is 15.0. The molecule has 0 saturated carbocycles. The van der Waals surface area contributed by atoms with Crippen molar-refractivity contribution in [2.45, 2.75) is 0 Å². The molecule has 0 radical (unpaired) electrons. The van der Waals surface area contributed by atoms with Crippen LogP contribution in [0.4, 0.5) is 11.4 Å². The van der Waals surface area contributed by atoms with Gasteiger partial charge in [0, 0.05) is 16.5 Å². The highest BCUT2D eigenvalue weighted by Gasteiger charge is 2.15. The largest absolute Gasteiger partial charge is 0.454 e. The minimum Gasteiger partial charge on any atom is -0.454 e. The van der Waals surface area contributed by atoms with E-state index in [1.807, 2.05) is 12.1 Å². The maximum atomic E-state index is 6.41. The summed E-state index contributed by atoms with van der Waals surface area (Å²) in [5, 5.41) is 13.4. The van der Waals surface area contributed by atoms with Gasteiger partial charge in [-0.15, -0.1) is 0 Å². The molecule has 1 N–H and O–H groups in total. The predicted molar refractivity (Wildman–Crippen MR) is 187 cm³/mol. The fourth-order valence-electron chi connectivity index (χ4n) is 6.73. The minimum atomic E-state index is 0.879. The van der Waals surface area contributed by atoms with Gasteiger partial charge in [0.25, 0.3) is 0 Å². The second kappa shape index (κ2) is 9.86. The van der Waals surface area contributed by atoms with Gasteiger partial charge in [0.2, 0.25) is 0 Å². The summed E-state index contributed by atoms with van der Waals surface area (Å²) >= 11 is 0. The summed E-state index contributed by atoms with van der Waals surface area (Å²) in [6.45, 7) is 0. The predicted octanol–water partition coefficient (Wildman–Crippen LogP) is 12.1. The first-order chi connectivity index (χ1) is 21.8. The van der Waals surface area contributed by atoms with Crippen molar-refractivity contribution < 1.29 is 4.42 Å². The third-order valence-corrected chi connectivity index (χ3v) is 8.83. The fourth-order valence-corrected chi connectivity index (χ4v) is 6.73. The molecule has 1 heterocycles. The van der Waals surface area contributed by atoms with Gasteiger partial charge in [0.05, 0.1) is 5.69 Å². The Morgan fingerprint density at radius 2 is 1.02 bits per heavy atom. The number of anilines is 2. The van der Waals surface area contributed by atoms with E-state index in [1.165, 1.54) is 54.6 Å². The van der Waals surface area contributed by atoms with Crippen molar-refractivity contribution in [1.82, 2.24) is 0 Å². The summed E-state index contributed by atoms with van der Waals surface area (Å²) in [6, 6.07) is 56.2. The Bertz CT molecular complexity index is 2520. The summed E-state index contributed by atoms with van der Waals surface area (Å²) in [5.74, 6) is 0. The van der Waals surface area contributed by atoms with Gasteiger partial charge in [-0.25, -0.2) is 0 Å². The van der Waals surface area contributed by atoms with Crippen LogP contribution in [0.1, 0.15) is 0 Å². The monoisotopic (exact) mass is 561 g/mol. The van der Waals surface area contributed by atoms with Crippen LogP contribution in [0.2, 0.25) is 0 Å². The molecule has 0 aliphatic carbocycles. The van der Waals surface area contributed by atoms with Crippen LogP contribution in [0.3, 0.4) is 0 Å². The van der Waals surface area contributed by atoms with Crippen molar-refractivity contribution in [3.8, 4) is 22.3 Å². The summed E-state index contributed by atoms with van der Waals surface area (Å²) in [6.07, 6.45) is 0. The van der Waals surface area contributed by atoms with Crippen LogP contribution in [-0.4, -0.2) is 0 Å². The molecule has 2 heteroatoms. The van der Waals surface area contributed by atoms with Gasteiger partial charge < -0.3 is 9.73 Å². The molecule has 206 valence electrons. The van der Waals surface area contributed by atoms with Crippen LogP contribution in [0.5, 0.6) is 0 Å². The van der Waals surface area contributed by atoms with Gasteiger partial charge in [0.15, 0.2) is 5.58 Å². The number of furan rings is 1. The summed E-state index contributed by atoms with van der Waals surface area (Å²) in [4.78, 5) is 0. The van der Waals surface area contributed by atoms with Crippen molar-refractivity contribution >= 4 is 65.6 Å². The average molecular weight is 562 g/mol. The van der Waals surface area contributed by atoms with E-state index < -0.39 is 0 Å². The molecule has 2 nitrogen and oxygen atoms in total. The number of nitrogens with one attached hydrogen (secondary N) is 1. The third-order valence-electron chi connectivity index (χ3n) is 8.83. The topological polar surface area (TPSA) is 25.2 Å². The van der Waals surface area contributed by atoms with E-state index in [4.69, 9.17) is 4.42 Å². The van der Waals surface area contributed by atoms with Gasteiger partial charge in [-0.05, 0) is 84.9 Å². The lowest BCUT2D eigenvalue weighted by Crippen LogP contribution is -1.92. The van der Waals surface area contributed by atoms with Crippen LogP contribution < -0.4 is 5.32 Å². The van der Waals surface area contributed by atoms with Crippen LogP contribution in [-0.2, 0) is 0 Å². The highest BCUT2D eigenvalue weighted by molar-refractivity contribution is 6.22. The molecule has 9 rings (SSSR count). The molecule has 0 bridgehead atoms. The first kappa shape index (κ1) is 24.7. The van der Waals surface area contributed by atoms with Crippen molar-refractivity contribution in [2.75, 3.05) is 5.32 Å². The number of para-hydroxylation sites is 1. The summed E-state index contributed by atoms with van der Waals surface area (Å²) in [7, 11) is 0. The van der Waals surface area contributed by atoms with E-state index in [-0.39, 0.29) is 0 Å². The quantitative estimate of drug-likeness (QED) is 0.231. The minimum absolute atomic E-state index is 0.879. The number of rotatable bonds is 4. The van der Waals surface area contributed by atoms with E-state index in [1.54, 1.807) is 0 Å². The number of hydrogen-bond acceptors (Lipinski definition) is 2. The smallest absolute Gasteiger partial charge is 0.159 e. The number of fused-ring (bicyclic) bond motifs is 7. The van der Waals surface area contributed by atoms with Gasteiger partial charge in [0.1, 0.15) is 5.58 Å². The zero-order valence-corrected chi connectivity index (χ0v) is 23.9. The van der Waals surface area contributed by atoms with E-state index >= 15 is 0 Å². The van der Waals surface area contributed by atoms with Gasteiger partial charge in [-0.2, -0.15) is 0 Å². The average Bonchev–Trinajstić information content (AvgIpc) is 3.48. The van der Waals surface area contributed by atoms with Crippen molar-refractivity contribution in [3.05, 3.63) is 158 Å². The molecule has 8 aromatic carbocycles. The number of hydrogen-bond donors (Lipinski definition) is 1. The highest BCUT2D eigenvalue weighted by atomic mass is 16.3. The normalized spacial score (nSPS) is 11.6. The Morgan fingerprint density at radius 1 is 0.409 bits per heavy atom. The molecule has 0 amide bonds. The molecule has 44 heavy (non-hydrogen) atoms. The molecule has 9 aromatic rings. The molecule has 0 atom stereocenters. The Morgan fingerprint density at radius 3 is 1.82 bits per heavy atom. The maximum absolute atomic E-state index is 6.41. The van der Waals surface area contributed by atoms with Crippen LogP contribution in [0.15, 0.2) is 162 Å². The molecular weight excluding hydrogens is 534 g/mol. The lowest BCUT2D eigenvalue weighted by atomic mass is 9.92. The van der Waals surface area contributed by atoms with Crippen molar-refractivity contribution in [1.29, 1.82) is 0 Å². The Kier molecular flexibility index (Phi) is 5.54. The highest BCUT2D eigenvalue weighted by Crippen LogP contribution is 2.41. The second-order valence-corrected chi connectivity index (χ2v) is 11.4. The Hall–Kier alpha value is -5.86. The van der Waals surface area contributed by atoms with E-state index in [9.17, 15) is 0 Å². The lowest BCUT2D eigenvalue weighted by Gasteiger charge is -2.13. The Balaban J connectivity index is 1.11. The molecule has 0 aliphatic rings. The standard InChI is InChI=1S/C42H27NO/c1-2-10-29-25-31(20-19-27(29)9-1)34-15-8-16-36-33(14-7-17-37(34)36)28-21-23-32(24-22-28)43-39-26-30-11-3-4-12-35(30)41-38-13-5-6-18-40(38)44-42(39)41/h1-26,43H. The van der Waals surface area contributed by atoms with Crippen molar-refractivity contribution in [2.24, 2.45) is 0 Å². The zero-order chi connectivity index (χ0) is 29.0. The third kappa shape index (κ3) is 3.96. The van der Waals surface area contributed by atoms with Gasteiger partial charge in [-0.1, -0.05) is 127 Å². The molecule has 0 fully saturated rings. The lowest BCUT2D eigenvalue weighted by molar-refractivity contribution is 0.670. The summed E-state index contributed by atoms with van der Waals surface area (Å²) < 4.78 is 6.41. The van der Waals surface area contributed by atoms with E-state index in [0.717, 1.165) is 33.3 Å². The second-order valence-electron chi connectivity index (χ2n) is 11.4. The molecule has 0 saturated heterocycles. The summed E-state index contributed by atoms with van der Waals surface area (Å²) in [5.41, 5.74) is 8.65. The SMILES string of the molecule is c1ccc2cc(-c3cccc4c(-c5ccc(Nc6cc7ccccc7c7c6oc6ccccc67)cc5)cccc34)ccc2c1. The van der Waals surface area contributed by atoms with Gasteiger partial charge >= 0.3 is 0 Å². The van der Waals surface area contributed by atoms with Crippen LogP contribution >= 0.6 is 0 Å². The maximum Gasteiger partial charge on any atom is 0.159 e. The van der Waals surface area contributed by atoms with Gasteiger partial charge in [-0.3, -0.25) is 0 Å². The first-order valence-electron chi connectivity index (χ1n) is 15.0. The molecular formula is C42H27NO. The van der Waals surface area contributed by atoms with E-state index in [2.05, 4.69) is 151 Å². The fraction of sp³-hybridized carbons (Fsp3) is 0. The van der Waals surface area contributed by atoms with E-state index in [0.29, 0.717) is 0 Å².